The Morgan fingerprint density at radius 2 is 1.85 bits per heavy atom. The zero-order chi connectivity index (χ0) is 31.7. The van der Waals surface area contributed by atoms with Gasteiger partial charge in [-0.2, -0.15) is 10.2 Å². The Morgan fingerprint density at radius 3 is 2.57 bits per heavy atom. The molecule has 4 aliphatic rings. The summed E-state index contributed by atoms with van der Waals surface area (Å²) in [6.07, 6.45) is 13.8. The number of alkyl halides is 2. The molecule has 4 fully saturated rings. The van der Waals surface area contributed by atoms with Crippen LogP contribution in [-0.2, 0) is 4.74 Å². The van der Waals surface area contributed by atoms with E-state index in [9.17, 15) is 13.6 Å². The molecule has 1 spiro atoms. The molecule has 2 aliphatic carbocycles. The van der Waals surface area contributed by atoms with E-state index >= 15 is 0 Å². The second kappa shape index (κ2) is 13.5. The molecule has 0 atom stereocenters. The lowest BCUT2D eigenvalue weighted by Gasteiger charge is -2.45. The highest BCUT2D eigenvalue weighted by Crippen LogP contribution is 2.44. The van der Waals surface area contributed by atoms with Gasteiger partial charge >= 0.3 is 0 Å². The fraction of sp³-hybridized carbons (Fsp3) is 0.697. The molecule has 250 valence electrons. The van der Waals surface area contributed by atoms with Crippen LogP contribution in [0.25, 0.3) is 5.65 Å². The predicted octanol–water partition coefficient (Wildman–Crippen LogP) is 4.93. The third kappa shape index (κ3) is 6.64. The molecule has 0 bridgehead atoms. The van der Waals surface area contributed by atoms with Crippen LogP contribution in [0.15, 0.2) is 24.7 Å². The Balaban J connectivity index is 0.961. The molecule has 13 heteroatoms. The van der Waals surface area contributed by atoms with Gasteiger partial charge in [-0.3, -0.25) is 9.48 Å². The van der Waals surface area contributed by atoms with Crippen molar-refractivity contribution in [1.82, 2.24) is 34.6 Å². The molecular formula is C33H47F2N9O2. The Hall–Kier alpha value is -3.16. The fourth-order valence-electron chi connectivity index (χ4n) is 8.29. The van der Waals surface area contributed by atoms with Gasteiger partial charge in [-0.25, -0.2) is 18.3 Å². The summed E-state index contributed by atoms with van der Waals surface area (Å²) in [4.78, 5) is 22.7. The molecule has 0 unspecified atom stereocenters. The molecule has 1 amide bonds. The van der Waals surface area contributed by atoms with E-state index in [2.05, 4.69) is 42.7 Å². The summed E-state index contributed by atoms with van der Waals surface area (Å²) in [5, 5.41) is 14.8. The Morgan fingerprint density at radius 1 is 1.11 bits per heavy atom. The number of morpholine rings is 1. The molecule has 2 aliphatic heterocycles. The maximum atomic E-state index is 14.1. The first-order valence-corrected chi connectivity index (χ1v) is 17.1. The molecule has 5 heterocycles. The van der Waals surface area contributed by atoms with E-state index in [4.69, 9.17) is 4.74 Å². The molecule has 2 saturated carbocycles. The third-order valence-electron chi connectivity index (χ3n) is 11.2. The van der Waals surface area contributed by atoms with E-state index in [1.165, 1.54) is 62.3 Å². The number of nitrogens with zero attached hydrogens (tertiary/aromatic N) is 7. The van der Waals surface area contributed by atoms with Crippen molar-refractivity contribution in [3.8, 4) is 0 Å². The highest BCUT2D eigenvalue weighted by atomic mass is 19.3. The maximum Gasteiger partial charge on any atom is 0.284 e. The van der Waals surface area contributed by atoms with E-state index in [0.29, 0.717) is 49.3 Å². The zero-order valence-electron chi connectivity index (χ0n) is 26.8. The predicted molar refractivity (Wildman–Crippen MR) is 172 cm³/mol. The van der Waals surface area contributed by atoms with Gasteiger partial charge in [0.05, 0.1) is 31.1 Å². The van der Waals surface area contributed by atoms with Gasteiger partial charge < -0.3 is 25.2 Å². The minimum Gasteiger partial charge on any atom is -0.378 e. The average molecular weight is 640 g/mol. The summed E-state index contributed by atoms with van der Waals surface area (Å²) in [6, 6.07) is 2.55. The lowest BCUT2D eigenvalue weighted by atomic mass is 9.67. The third-order valence-corrected chi connectivity index (χ3v) is 11.2. The maximum absolute atomic E-state index is 14.1. The Labute approximate surface area is 269 Å². The van der Waals surface area contributed by atoms with Gasteiger partial charge in [0.15, 0.2) is 11.3 Å². The lowest BCUT2D eigenvalue weighted by molar-refractivity contribution is 0.0652. The van der Waals surface area contributed by atoms with Gasteiger partial charge in [0.1, 0.15) is 11.4 Å². The van der Waals surface area contributed by atoms with Crippen molar-refractivity contribution in [3.05, 3.63) is 35.9 Å². The lowest BCUT2D eigenvalue weighted by Crippen LogP contribution is -2.44. The fourth-order valence-corrected chi connectivity index (χ4v) is 8.29. The van der Waals surface area contributed by atoms with Crippen LogP contribution in [0.1, 0.15) is 92.7 Å². The number of anilines is 2. The number of aromatic nitrogens is 5. The summed E-state index contributed by atoms with van der Waals surface area (Å²) in [7, 11) is 2.29. The highest BCUT2D eigenvalue weighted by molar-refractivity contribution is 6.08. The number of rotatable bonds is 8. The van der Waals surface area contributed by atoms with Gasteiger partial charge in [-0.15, -0.1) is 0 Å². The molecule has 0 aromatic carbocycles. The number of hydrogen-bond donors (Lipinski definition) is 2. The first kappa shape index (κ1) is 31.4. The van der Waals surface area contributed by atoms with Crippen molar-refractivity contribution in [2.45, 2.75) is 82.7 Å². The number of carbonyl (C=O) groups excluding carboxylic acids is 1. The molecule has 0 radical (unpaired) electrons. The second-order valence-corrected chi connectivity index (χ2v) is 14.0. The van der Waals surface area contributed by atoms with Crippen LogP contribution in [0, 0.1) is 11.3 Å². The van der Waals surface area contributed by atoms with Crippen molar-refractivity contribution in [3.63, 3.8) is 0 Å². The van der Waals surface area contributed by atoms with Crippen molar-refractivity contribution in [2.75, 3.05) is 63.2 Å². The first-order valence-electron chi connectivity index (χ1n) is 17.1. The van der Waals surface area contributed by atoms with Gasteiger partial charge in [-0.05, 0) is 102 Å². The minimum absolute atomic E-state index is 0.0360. The largest absolute Gasteiger partial charge is 0.378 e. The standard InChI is InChI=1S/C33H47F2N9O2/c1-41(24-6-9-33(10-7-24)11-13-36-14-12-33)21-23-2-4-25(5-3-23)44-22-27(29(40-44)30(34)35)38-32(45)26-20-37-43-15-8-28(39-31(26)43)42-16-18-46-19-17-42/h8,15,20,22-25,30,36H,2-7,9-14,16-19,21H2,1H3,(H,38,45). The van der Waals surface area contributed by atoms with Gasteiger partial charge in [0, 0.05) is 38.1 Å². The van der Waals surface area contributed by atoms with Crippen LogP contribution < -0.4 is 15.5 Å². The number of ether oxygens (including phenoxy) is 1. The van der Waals surface area contributed by atoms with Crippen LogP contribution in [0.3, 0.4) is 0 Å². The molecule has 3 aromatic heterocycles. The number of amides is 1. The molecular weight excluding hydrogens is 592 g/mol. The SMILES string of the molecule is CN(CC1CCC(n2cc(NC(=O)c3cnn4ccc(N5CCOCC5)nc34)c(C(F)F)n2)CC1)C1CCC2(CCNCC2)CC1. The smallest absolute Gasteiger partial charge is 0.284 e. The number of fused-ring (bicyclic) bond motifs is 1. The van der Waals surface area contributed by atoms with E-state index in [1.54, 1.807) is 17.1 Å². The molecule has 46 heavy (non-hydrogen) atoms. The quantitative estimate of drug-likeness (QED) is 0.358. The second-order valence-electron chi connectivity index (χ2n) is 14.0. The number of carbonyl (C=O) groups is 1. The summed E-state index contributed by atoms with van der Waals surface area (Å²) in [5.74, 6) is 0.784. The van der Waals surface area contributed by atoms with E-state index in [0.717, 1.165) is 38.0 Å². The molecule has 2 N–H and O–H groups in total. The Kier molecular flexibility index (Phi) is 9.24. The number of piperidine rings is 1. The van der Waals surface area contributed by atoms with Gasteiger partial charge in [-0.1, -0.05) is 0 Å². The summed E-state index contributed by atoms with van der Waals surface area (Å²) >= 11 is 0. The first-order chi connectivity index (χ1) is 22.4. The van der Waals surface area contributed by atoms with Crippen molar-refractivity contribution in [1.29, 1.82) is 0 Å². The van der Waals surface area contributed by atoms with E-state index in [-0.39, 0.29) is 17.3 Å². The minimum atomic E-state index is -2.81. The van der Waals surface area contributed by atoms with Crippen LogP contribution in [0.5, 0.6) is 0 Å². The zero-order valence-corrected chi connectivity index (χ0v) is 26.8. The van der Waals surface area contributed by atoms with E-state index < -0.39 is 18.0 Å². The molecule has 2 saturated heterocycles. The van der Waals surface area contributed by atoms with Crippen LogP contribution in [0.2, 0.25) is 0 Å². The molecule has 7 rings (SSSR count). The highest BCUT2D eigenvalue weighted by Gasteiger charge is 2.37. The van der Waals surface area contributed by atoms with Gasteiger partial charge in [0.2, 0.25) is 0 Å². The van der Waals surface area contributed by atoms with Crippen LogP contribution in [-0.4, -0.2) is 94.2 Å². The molecule has 11 nitrogen and oxygen atoms in total. The van der Waals surface area contributed by atoms with Crippen molar-refractivity contribution >= 4 is 23.1 Å². The van der Waals surface area contributed by atoms with Crippen molar-refractivity contribution < 1.29 is 18.3 Å². The summed E-state index contributed by atoms with van der Waals surface area (Å²) < 4.78 is 36.9. The monoisotopic (exact) mass is 639 g/mol. The van der Waals surface area contributed by atoms with E-state index in [1.807, 2.05) is 6.07 Å². The summed E-state index contributed by atoms with van der Waals surface area (Å²) in [5.41, 5.74) is 0.800. The molecule has 3 aromatic rings. The van der Waals surface area contributed by atoms with Gasteiger partial charge in [0.25, 0.3) is 12.3 Å². The normalized spacial score (nSPS) is 24.3. The topological polar surface area (TPSA) is 105 Å². The Bertz CT molecular complexity index is 1480. The number of halogens is 2. The van der Waals surface area contributed by atoms with Crippen LogP contribution >= 0.6 is 0 Å². The van der Waals surface area contributed by atoms with Crippen LogP contribution in [0.4, 0.5) is 20.3 Å². The van der Waals surface area contributed by atoms with Crippen molar-refractivity contribution in [2.24, 2.45) is 11.3 Å². The number of nitrogens with one attached hydrogen (secondary N) is 2. The number of hydrogen-bond acceptors (Lipinski definition) is 8. The summed E-state index contributed by atoms with van der Waals surface area (Å²) in [6.45, 7) is 6.05. The average Bonchev–Trinajstić information content (AvgIpc) is 3.71.